The van der Waals surface area contributed by atoms with E-state index in [0.717, 1.165) is 11.1 Å². The van der Waals surface area contributed by atoms with Gasteiger partial charge in [0.15, 0.2) is 0 Å². The van der Waals surface area contributed by atoms with Gasteiger partial charge in [-0.05, 0) is 0 Å². The maximum absolute atomic E-state index is 6.09. The predicted molar refractivity (Wildman–Crippen MR) is 94.8 cm³/mol. The molecule has 0 radical (unpaired) electrons. The van der Waals surface area contributed by atoms with Gasteiger partial charge in [-0.25, -0.2) is 0 Å². The number of hydrogen-bond donors (Lipinski definition) is 0. The summed E-state index contributed by atoms with van der Waals surface area (Å²) < 4.78 is 24.0. The van der Waals surface area contributed by atoms with Crippen LogP contribution in [0.25, 0.3) is 0 Å². The molecule has 25 heavy (non-hydrogen) atoms. The van der Waals surface area contributed by atoms with E-state index in [4.69, 9.17) is 11.3 Å². The third kappa shape index (κ3) is 7.19. The first-order chi connectivity index (χ1) is 12.3. The summed E-state index contributed by atoms with van der Waals surface area (Å²) in [7, 11) is 0. The van der Waals surface area contributed by atoms with Gasteiger partial charge in [-0.1, -0.05) is 0 Å². The number of hydrogen-bond acceptors (Lipinski definition) is 4. The molecule has 2 aromatic carbocycles. The van der Waals surface area contributed by atoms with Crippen LogP contribution in [0.4, 0.5) is 0 Å². The van der Waals surface area contributed by atoms with E-state index >= 15 is 0 Å². The van der Waals surface area contributed by atoms with Gasteiger partial charge in [0.05, 0.1) is 0 Å². The van der Waals surface area contributed by atoms with Crippen molar-refractivity contribution in [3.8, 4) is 0 Å². The van der Waals surface area contributed by atoms with Crippen molar-refractivity contribution in [1.82, 2.24) is 0 Å². The van der Waals surface area contributed by atoms with Gasteiger partial charge in [0.2, 0.25) is 0 Å². The Morgan fingerprint density at radius 2 is 1.04 bits per heavy atom. The Bertz CT molecular complexity index is 573. The van der Waals surface area contributed by atoms with Crippen LogP contribution in [0, 0.1) is 0 Å². The summed E-state index contributed by atoms with van der Waals surface area (Å²) in [4.78, 5) is 0. The van der Waals surface area contributed by atoms with Crippen molar-refractivity contribution in [2.24, 2.45) is 0 Å². The summed E-state index contributed by atoms with van der Waals surface area (Å²) in [6.07, 6.45) is 3.33. The van der Waals surface area contributed by atoms with Crippen LogP contribution >= 0.6 is 0 Å². The fraction of sp³-hybridized carbons (Fsp3) is 0.200. The molecule has 0 aliphatic heterocycles. The van der Waals surface area contributed by atoms with E-state index in [0.29, 0.717) is 26.4 Å². The molecule has 0 spiro atoms. The van der Waals surface area contributed by atoms with Crippen molar-refractivity contribution >= 4 is 0 Å². The molecule has 2 rings (SSSR count). The van der Waals surface area contributed by atoms with Crippen LogP contribution in [0.2, 0.25) is 0 Å². The third-order valence-corrected chi connectivity index (χ3v) is 8.28. The second-order valence-corrected chi connectivity index (χ2v) is 10.5. The summed E-state index contributed by atoms with van der Waals surface area (Å²) in [5.74, 6) is 0. The molecule has 0 fully saturated rings. The Kier molecular flexibility index (Phi) is 9.02. The number of rotatable bonds is 12. The van der Waals surface area contributed by atoms with Crippen molar-refractivity contribution in [1.29, 1.82) is 0 Å². The van der Waals surface area contributed by atoms with Crippen molar-refractivity contribution < 1.29 is 33.3 Å². The van der Waals surface area contributed by atoms with Crippen LogP contribution < -0.4 is 0 Å². The van der Waals surface area contributed by atoms with E-state index in [1.165, 1.54) is 0 Å². The molecular weight excluding hydrogens is 395 g/mol. The third-order valence-electron chi connectivity index (χ3n) is 3.27. The molecule has 4 nitrogen and oxygen atoms in total. The van der Waals surface area contributed by atoms with Gasteiger partial charge in [-0.3, -0.25) is 0 Å². The molecule has 0 unspecified atom stereocenters. The summed E-state index contributed by atoms with van der Waals surface area (Å²) in [6, 6.07) is 19.8. The zero-order chi connectivity index (χ0) is 17.8. The van der Waals surface area contributed by atoms with Crippen molar-refractivity contribution in [2.75, 3.05) is 13.2 Å². The van der Waals surface area contributed by atoms with Gasteiger partial charge >= 0.3 is 157 Å². The van der Waals surface area contributed by atoms with Crippen LogP contribution in [0.15, 0.2) is 86.0 Å². The molecule has 0 saturated carbocycles. The summed E-state index contributed by atoms with van der Waals surface area (Å²) in [5, 5.41) is 0. The van der Waals surface area contributed by atoms with Gasteiger partial charge in [-0.2, -0.15) is 0 Å². The zero-order valence-electron chi connectivity index (χ0n) is 14.3. The van der Waals surface area contributed by atoms with Crippen LogP contribution in [-0.4, -0.2) is 13.2 Å². The molecule has 5 heteroatoms. The Morgan fingerprint density at radius 3 is 1.40 bits per heavy atom. The van der Waals surface area contributed by atoms with Crippen LogP contribution in [0.5, 0.6) is 0 Å². The van der Waals surface area contributed by atoms with E-state index in [-0.39, 0.29) is 0 Å². The normalized spacial score (nSPS) is 11.2. The predicted octanol–water partition coefficient (Wildman–Crippen LogP) is 4.64. The molecule has 0 aliphatic rings. The topological polar surface area (TPSA) is 36.9 Å². The van der Waals surface area contributed by atoms with Crippen LogP contribution in [-0.2, 0) is 46.5 Å². The summed E-state index contributed by atoms with van der Waals surface area (Å²) in [6.45, 7) is 8.79. The SMILES string of the molecule is C=CC[O][Zr]([O]CC=C)([O]Cc1ccccc1)[O]Cc1ccccc1. The van der Waals surface area contributed by atoms with Crippen molar-refractivity contribution in [2.45, 2.75) is 13.2 Å². The molecule has 0 aliphatic carbocycles. The molecule has 0 heterocycles. The Labute approximate surface area is 156 Å². The zero-order valence-corrected chi connectivity index (χ0v) is 16.8. The summed E-state index contributed by atoms with van der Waals surface area (Å²) >= 11 is -4.22. The average molecular weight is 420 g/mol. The minimum absolute atomic E-state index is 0.316. The molecular formula is C20H24O4Zr. The molecule has 2 aromatic rings. The average Bonchev–Trinajstić information content (AvgIpc) is 2.68. The maximum atomic E-state index is 6.09. The standard InChI is InChI=1S/2C7H7O.2C3H5O.Zr/c2*8-6-7-4-2-1-3-5-7;2*1-2-3-4;/h2*1-5H,6H2;2*2H,1,3H2;/q4*-1;+4. The quantitative estimate of drug-likeness (QED) is 0.470. The Balaban J connectivity index is 2.10. The molecule has 0 saturated heterocycles. The van der Waals surface area contributed by atoms with Crippen molar-refractivity contribution in [3.63, 3.8) is 0 Å². The second-order valence-electron chi connectivity index (χ2n) is 5.25. The fourth-order valence-corrected chi connectivity index (χ4v) is 6.56. The van der Waals surface area contributed by atoms with Crippen LogP contribution in [0.1, 0.15) is 11.1 Å². The first-order valence-electron chi connectivity index (χ1n) is 8.13. The van der Waals surface area contributed by atoms with Gasteiger partial charge in [-0.15, -0.1) is 0 Å². The molecule has 132 valence electrons. The molecule has 0 amide bonds. The molecule has 0 N–H and O–H groups in total. The summed E-state index contributed by atoms with van der Waals surface area (Å²) in [5.41, 5.74) is 2.08. The van der Waals surface area contributed by atoms with Gasteiger partial charge < -0.3 is 0 Å². The molecule has 0 bridgehead atoms. The van der Waals surface area contributed by atoms with E-state index in [1.54, 1.807) is 12.2 Å². The molecule has 0 atom stereocenters. The van der Waals surface area contributed by atoms with E-state index in [2.05, 4.69) is 13.2 Å². The van der Waals surface area contributed by atoms with Gasteiger partial charge in [0.1, 0.15) is 0 Å². The minimum atomic E-state index is -4.22. The van der Waals surface area contributed by atoms with Crippen molar-refractivity contribution in [3.05, 3.63) is 97.1 Å². The second kappa shape index (κ2) is 11.3. The van der Waals surface area contributed by atoms with E-state index in [9.17, 15) is 0 Å². The van der Waals surface area contributed by atoms with Gasteiger partial charge in [0, 0.05) is 0 Å². The van der Waals surface area contributed by atoms with E-state index in [1.807, 2.05) is 60.7 Å². The monoisotopic (exact) mass is 418 g/mol. The van der Waals surface area contributed by atoms with E-state index < -0.39 is 22.0 Å². The first-order valence-corrected chi connectivity index (χ1v) is 12.1. The molecule has 0 aromatic heterocycles. The Hall–Kier alpha value is -1.36. The number of benzene rings is 2. The Morgan fingerprint density at radius 1 is 0.640 bits per heavy atom. The van der Waals surface area contributed by atoms with Crippen LogP contribution in [0.3, 0.4) is 0 Å². The van der Waals surface area contributed by atoms with Gasteiger partial charge in [0.25, 0.3) is 0 Å². The fourth-order valence-electron chi connectivity index (χ4n) is 2.06. The first kappa shape index (κ1) is 20.0.